The monoisotopic (exact) mass is 381 g/mol. The zero-order chi connectivity index (χ0) is 19.3. The summed E-state index contributed by atoms with van der Waals surface area (Å²) >= 11 is 0. The fourth-order valence-electron chi connectivity index (χ4n) is 3.51. The lowest BCUT2D eigenvalue weighted by Gasteiger charge is -2.32. The Bertz CT molecular complexity index is 934. The highest BCUT2D eigenvalue weighted by molar-refractivity contribution is 5.84. The number of carbonyl (C=O) groups is 1. The second-order valence-electron chi connectivity index (χ2n) is 6.92. The quantitative estimate of drug-likeness (QED) is 0.675. The molecule has 3 aromatic rings. The summed E-state index contributed by atoms with van der Waals surface area (Å²) < 4.78 is 17.0. The van der Waals surface area contributed by atoms with Crippen molar-refractivity contribution in [3.8, 4) is 5.75 Å². The van der Waals surface area contributed by atoms with Gasteiger partial charge in [-0.25, -0.2) is 4.79 Å². The van der Waals surface area contributed by atoms with Crippen LogP contribution in [-0.2, 0) is 16.0 Å². The van der Waals surface area contributed by atoms with Crippen molar-refractivity contribution >= 4 is 16.7 Å². The van der Waals surface area contributed by atoms with E-state index in [4.69, 9.17) is 19.0 Å². The molecule has 0 bridgehead atoms. The Morgan fingerprint density at radius 3 is 2.82 bits per heavy atom. The first kappa shape index (κ1) is 18.5. The third kappa shape index (κ3) is 4.35. The number of furan rings is 1. The van der Waals surface area contributed by atoms with Crippen LogP contribution in [0, 0.1) is 0 Å². The maximum absolute atomic E-state index is 10.6. The van der Waals surface area contributed by atoms with Crippen LogP contribution >= 0.6 is 0 Å². The van der Waals surface area contributed by atoms with E-state index in [2.05, 4.69) is 11.0 Å². The van der Waals surface area contributed by atoms with E-state index in [-0.39, 0.29) is 12.7 Å². The number of ether oxygens (including phenoxy) is 2. The average Bonchev–Trinajstić information content (AvgIpc) is 3.16. The highest BCUT2D eigenvalue weighted by atomic mass is 16.5. The third-order valence-electron chi connectivity index (χ3n) is 4.98. The number of hydrogen-bond acceptors (Lipinski definition) is 5. The van der Waals surface area contributed by atoms with Crippen molar-refractivity contribution in [3.05, 3.63) is 66.1 Å². The molecular weight excluding hydrogens is 358 g/mol. The lowest BCUT2D eigenvalue weighted by atomic mass is 10.1. The number of carboxylic acids is 1. The molecule has 28 heavy (non-hydrogen) atoms. The Labute approximate surface area is 163 Å². The first-order valence-corrected chi connectivity index (χ1v) is 9.42. The molecule has 0 radical (unpaired) electrons. The summed E-state index contributed by atoms with van der Waals surface area (Å²) in [5, 5.41) is 10.9. The second-order valence-corrected chi connectivity index (χ2v) is 6.92. The predicted molar refractivity (Wildman–Crippen MR) is 105 cm³/mol. The van der Waals surface area contributed by atoms with Crippen LogP contribution in [-0.4, -0.2) is 48.8 Å². The summed E-state index contributed by atoms with van der Waals surface area (Å²) in [4.78, 5) is 12.9. The fraction of sp³-hybridized carbons (Fsp3) is 0.318. The van der Waals surface area contributed by atoms with Crippen molar-refractivity contribution in [1.82, 2.24) is 4.90 Å². The number of morpholine rings is 1. The second kappa shape index (κ2) is 8.46. The molecule has 1 N–H and O–H groups in total. The van der Waals surface area contributed by atoms with Gasteiger partial charge in [0.2, 0.25) is 0 Å². The molecule has 146 valence electrons. The van der Waals surface area contributed by atoms with Gasteiger partial charge in [-0.1, -0.05) is 36.4 Å². The predicted octanol–water partition coefficient (Wildman–Crippen LogP) is 3.51. The number of rotatable bonds is 7. The van der Waals surface area contributed by atoms with Crippen LogP contribution in [0.1, 0.15) is 17.4 Å². The largest absolute Gasteiger partial charge is 0.482 e. The lowest BCUT2D eigenvalue weighted by molar-refractivity contribution is -0.139. The van der Waals surface area contributed by atoms with Crippen LogP contribution < -0.4 is 4.74 Å². The van der Waals surface area contributed by atoms with Gasteiger partial charge < -0.3 is 19.0 Å². The van der Waals surface area contributed by atoms with E-state index >= 15 is 0 Å². The fourth-order valence-corrected chi connectivity index (χ4v) is 3.51. The van der Waals surface area contributed by atoms with Gasteiger partial charge in [0.25, 0.3) is 0 Å². The Kier molecular flexibility index (Phi) is 5.60. The number of nitrogens with zero attached hydrogens (tertiary/aromatic N) is 1. The Morgan fingerprint density at radius 1 is 1.18 bits per heavy atom. The zero-order valence-electron chi connectivity index (χ0n) is 15.5. The molecule has 1 aliphatic heterocycles. The highest BCUT2D eigenvalue weighted by Gasteiger charge is 2.25. The van der Waals surface area contributed by atoms with Crippen molar-refractivity contribution in [3.63, 3.8) is 0 Å². The number of benzene rings is 2. The molecule has 1 aliphatic rings. The summed E-state index contributed by atoms with van der Waals surface area (Å²) in [6.45, 7) is 2.98. The van der Waals surface area contributed by atoms with Gasteiger partial charge in [-0.2, -0.15) is 0 Å². The van der Waals surface area contributed by atoms with E-state index in [0.717, 1.165) is 42.6 Å². The highest BCUT2D eigenvalue weighted by Crippen LogP contribution is 2.30. The van der Waals surface area contributed by atoms with Crippen molar-refractivity contribution in [1.29, 1.82) is 0 Å². The van der Waals surface area contributed by atoms with E-state index < -0.39 is 5.97 Å². The standard InChI is InChI=1S/C22H23NO5/c24-21(25)15-27-18-7-5-16(6-8-18)9-10-23-11-12-26-20(13-23)22-19-4-2-1-3-17(19)14-28-22/h1-8,14,20H,9-13,15H2,(H,24,25). The van der Waals surface area contributed by atoms with Crippen LogP contribution in [0.3, 0.4) is 0 Å². The number of aliphatic carboxylic acids is 1. The minimum absolute atomic E-state index is 0.0551. The first-order chi connectivity index (χ1) is 13.7. The molecule has 1 aromatic heterocycles. The number of hydrogen-bond donors (Lipinski definition) is 1. The van der Waals surface area contributed by atoms with Gasteiger partial charge >= 0.3 is 5.97 Å². The molecule has 0 saturated carbocycles. The van der Waals surface area contributed by atoms with Crippen molar-refractivity contribution in [2.24, 2.45) is 0 Å². The van der Waals surface area contributed by atoms with Crippen LogP contribution in [0.2, 0.25) is 0 Å². The maximum Gasteiger partial charge on any atom is 0.341 e. The van der Waals surface area contributed by atoms with Crippen LogP contribution in [0.4, 0.5) is 0 Å². The third-order valence-corrected chi connectivity index (χ3v) is 4.98. The molecule has 2 heterocycles. The first-order valence-electron chi connectivity index (χ1n) is 9.42. The van der Waals surface area contributed by atoms with Crippen molar-refractivity contribution in [2.45, 2.75) is 12.5 Å². The molecular formula is C22H23NO5. The SMILES string of the molecule is O=C(O)COc1ccc(CCN2CCOC(c3occ4ccccc34)C2)cc1. The van der Waals surface area contributed by atoms with Gasteiger partial charge in [0.15, 0.2) is 6.61 Å². The number of carboxylic acid groups (broad SMARTS) is 1. The van der Waals surface area contributed by atoms with Gasteiger partial charge in [0.05, 0.1) is 12.9 Å². The Hall–Kier alpha value is -2.83. The number of fused-ring (bicyclic) bond motifs is 1. The van der Waals surface area contributed by atoms with Crippen molar-refractivity contribution < 1.29 is 23.8 Å². The summed E-state index contributed by atoms with van der Waals surface area (Å²) in [5.74, 6) is 0.498. The molecule has 4 rings (SSSR count). The molecule has 2 aromatic carbocycles. The smallest absolute Gasteiger partial charge is 0.341 e. The van der Waals surface area contributed by atoms with E-state index in [0.29, 0.717) is 12.4 Å². The van der Waals surface area contributed by atoms with Crippen LogP contribution in [0.25, 0.3) is 10.8 Å². The van der Waals surface area contributed by atoms with E-state index in [9.17, 15) is 4.79 Å². The maximum atomic E-state index is 10.6. The summed E-state index contributed by atoms with van der Waals surface area (Å²) in [5.41, 5.74) is 1.19. The van der Waals surface area contributed by atoms with E-state index in [1.807, 2.05) is 42.5 Å². The van der Waals surface area contributed by atoms with E-state index in [1.165, 1.54) is 5.56 Å². The van der Waals surface area contributed by atoms with Crippen molar-refractivity contribution in [2.75, 3.05) is 32.8 Å². The molecule has 0 spiro atoms. The summed E-state index contributed by atoms with van der Waals surface area (Å²) in [7, 11) is 0. The average molecular weight is 381 g/mol. The van der Waals surface area contributed by atoms with Gasteiger partial charge in [-0.3, -0.25) is 4.90 Å². The van der Waals surface area contributed by atoms with Gasteiger partial charge in [0.1, 0.15) is 17.6 Å². The normalized spacial score (nSPS) is 17.6. The molecule has 1 fully saturated rings. The van der Waals surface area contributed by atoms with Crippen LogP contribution in [0.15, 0.2) is 59.2 Å². The molecule has 0 amide bonds. The zero-order valence-corrected chi connectivity index (χ0v) is 15.5. The summed E-state index contributed by atoms with van der Waals surface area (Å²) in [6.07, 6.45) is 2.65. The molecule has 6 heteroatoms. The molecule has 6 nitrogen and oxygen atoms in total. The van der Waals surface area contributed by atoms with Gasteiger partial charge in [0, 0.05) is 30.4 Å². The lowest BCUT2D eigenvalue weighted by Crippen LogP contribution is -2.39. The Balaban J connectivity index is 1.33. The van der Waals surface area contributed by atoms with Crippen LogP contribution in [0.5, 0.6) is 5.75 Å². The minimum atomic E-state index is -0.977. The molecule has 1 unspecified atom stereocenters. The van der Waals surface area contributed by atoms with Gasteiger partial charge in [-0.15, -0.1) is 0 Å². The molecule has 1 atom stereocenters. The Morgan fingerprint density at radius 2 is 2.00 bits per heavy atom. The van der Waals surface area contributed by atoms with E-state index in [1.54, 1.807) is 6.26 Å². The van der Waals surface area contributed by atoms with Gasteiger partial charge in [-0.05, 0) is 24.1 Å². The summed E-state index contributed by atoms with van der Waals surface area (Å²) in [6, 6.07) is 15.7. The topological polar surface area (TPSA) is 72.1 Å². The molecule has 0 aliphatic carbocycles. The molecule has 1 saturated heterocycles. The minimum Gasteiger partial charge on any atom is -0.482 e.